The highest BCUT2D eigenvalue weighted by atomic mass is 16.5. The molecule has 1 saturated carbocycles. The van der Waals surface area contributed by atoms with E-state index < -0.39 is 5.54 Å². The van der Waals surface area contributed by atoms with Gasteiger partial charge in [0.1, 0.15) is 11.3 Å². The summed E-state index contributed by atoms with van der Waals surface area (Å²) in [6.07, 6.45) is 6.99. The molecule has 7 nitrogen and oxygen atoms in total. The minimum absolute atomic E-state index is 0.00925. The number of hydrogen-bond donors (Lipinski definition) is 1. The molecule has 2 fully saturated rings. The first kappa shape index (κ1) is 21.2. The standard InChI is InChI=1S/C25H31N3O4/c1-15(31-3)4-9-20-12-19-8-7-18(17-5-6-17)13-21(19)25(20)23(29)28(24(30)27-25)11-10-22-26-14-16(2)32-22/h7-8,13-15,17,20H,4-6,9-12H2,1-3H3,(H,27,30). The first-order valence-corrected chi connectivity index (χ1v) is 11.6. The van der Waals surface area contributed by atoms with Crippen molar-refractivity contribution < 1.29 is 18.7 Å². The first-order valence-electron chi connectivity index (χ1n) is 11.6. The smallest absolute Gasteiger partial charge is 0.325 e. The van der Waals surface area contributed by atoms with Gasteiger partial charge in [-0.05, 0) is 74.5 Å². The number of amides is 3. The maximum Gasteiger partial charge on any atom is 0.325 e. The molecule has 32 heavy (non-hydrogen) atoms. The Balaban J connectivity index is 1.46. The maximum absolute atomic E-state index is 13.9. The zero-order valence-corrected chi connectivity index (χ0v) is 19.0. The molecule has 1 N–H and O–H groups in total. The minimum atomic E-state index is -0.989. The number of aryl methyl sites for hydroxylation is 1. The lowest BCUT2D eigenvalue weighted by atomic mass is 9.80. The van der Waals surface area contributed by atoms with Gasteiger partial charge in [-0.1, -0.05) is 18.2 Å². The highest BCUT2D eigenvalue weighted by molar-refractivity contribution is 6.08. The fraction of sp³-hybridized carbons (Fsp3) is 0.560. The van der Waals surface area contributed by atoms with Gasteiger partial charge in [-0.2, -0.15) is 0 Å². The number of fused-ring (bicyclic) bond motifs is 2. The number of hydrogen-bond acceptors (Lipinski definition) is 5. The Morgan fingerprint density at radius 2 is 2.16 bits per heavy atom. The van der Waals surface area contributed by atoms with Gasteiger partial charge in [0.2, 0.25) is 0 Å². The van der Waals surface area contributed by atoms with E-state index in [0.29, 0.717) is 18.2 Å². The van der Waals surface area contributed by atoms with Crippen molar-refractivity contribution in [3.8, 4) is 0 Å². The van der Waals surface area contributed by atoms with Crippen LogP contribution in [0.2, 0.25) is 0 Å². The average Bonchev–Trinajstić information content (AvgIpc) is 3.42. The van der Waals surface area contributed by atoms with Gasteiger partial charge in [0, 0.05) is 20.1 Å². The van der Waals surface area contributed by atoms with Crippen LogP contribution in [0.1, 0.15) is 66.9 Å². The zero-order valence-electron chi connectivity index (χ0n) is 19.0. The van der Waals surface area contributed by atoms with Crippen LogP contribution < -0.4 is 5.32 Å². The highest BCUT2D eigenvalue weighted by Crippen LogP contribution is 2.50. The molecule has 2 heterocycles. The van der Waals surface area contributed by atoms with Gasteiger partial charge < -0.3 is 14.5 Å². The number of benzene rings is 1. The highest BCUT2D eigenvalue weighted by Gasteiger charge is 2.60. The third-order valence-electron chi connectivity index (χ3n) is 7.36. The molecule has 3 unspecified atom stereocenters. The summed E-state index contributed by atoms with van der Waals surface area (Å²) in [4.78, 5) is 32.5. The quantitative estimate of drug-likeness (QED) is 0.635. The Labute approximate surface area is 188 Å². The van der Waals surface area contributed by atoms with Crippen LogP contribution in [0.15, 0.2) is 28.8 Å². The predicted molar refractivity (Wildman–Crippen MR) is 118 cm³/mol. The number of oxazole rings is 1. The molecule has 1 aliphatic heterocycles. The molecule has 3 amide bonds. The van der Waals surface area contributed by atoms with E-state index in [9.17, 15) is 9.59 Å². The van der Waals surface area contributed by atoms with E-state index in [2.05, 4.69) is 28.5 Å². The molecule has 7 heteroatoms. The van der Waals surface area contributed by atoms with E-state index >= 15 is 0 Å². The second-order valence-corrected chi connectivity index (χ2v) is 9.53. The molecule has 0 bridgehead atoms. The normalized spacial score (nSPS) is 25.5. The number of carbonyl (C=O) groups excluding carboxylic acids is 2. The molecule has 5 rings (SSSR count). The Morgan fingerprint density at radius 3 is 2.84 bits per heavy atom. The Morgan fingerprint density at radius 1 is 1.34 bits per heavy atom. The van der Waals surface area contributed by atoms with E-state index in [1.807, 2.05) is 13.8 Å². The Bertz CT molecular complexity index is 1040. The lowest BCUT2D eigenvalue weighted by Crippen LogP contribution is -2.48. The van der Waals surface area contributed by atoms with E-state index in [1.54, 1.807) is 13.3 Å². The summed E-state index contributed by atoms with van der Waals surface area (Å²) in [6, 6.07) is 6.23. The van der Waals surface area contributed by atoms with Crippen molar-refractivity contribution in [2.24, 2.45) is 5.92 Å². The largest absolute Gasteiger partial charge is 0.446 e. The maximum atomic E-state index is 13.9. The molecule has 0 radical (unpaired) electrons. The van der Waals surface area contributed by atoms with Gasteiger partial charge in [-0.15, -0.1) is 0 Å². The number of ether oxygens (including phenoxy) is 1. The van der Waals surface area contributed by atoms with Gasteiger partial charge in [-0.25, -0.2) is 9.78 Å². The van der Waals surface area contributed by atoms with Crippen LogP contribution in [0.3, 0.4) is 0 Å². The molecule has 1 saturated heterocycles. The summed E-state index contributed by atoms with van der Waals surface area (Å²) in [5, 5.41) is 3.15. The summed E-state index contributed by atoms with van der Waals surface area (Å²) in [5.74, 6) is 1.71. The number of nitrogens with zero attached hydrogens (tertiary/aromatic N) is 2. The summed E-state index contributed by atoms with van der Waals surface area (Å²) in [6.45, 7) is 4.13. The van der Waals surface area contributed by atoms with Crippen LogP contribution in [0, 0.1) is 12.8 Å². The van der Waals surface area contributed by atoms with Gasteiger partial charge in [0.25, 0.3) is 5.91 Å². The number of methoxy groups -OCH3 is 1. The van der Waals surface area contributed by atoms with Crippen molar-refractivity contribution >= 4 is 11.9 Å². The molecule has 1 spiro atoms. The molecular weight excluding hydrogens is 406 g/mol. The number of carbonyl (C=O) groups is 2. The van der Waals surface area contributed by atoms with Crippen molar-refractivity contribution in [3.63, 3.8) is 0 Å². The average molecular weight is 438 g/mol. The molecule has 1 aromatic carbocycles. The number of imide groups is 1. The van der Waals surface area contributed by atoms with E-state index in [0.717, 1.165) is 30.6 Å². The van der Waals surface area contributed by atoms with Gasteiger partial charge in [-0.3, -0.25) is 9.69 Å². The van der Waals surface area contributed by atoms with E-state index in [4.69, 9.17) is 9.15 Å². The number of nitrogens with one attached hydrogen (secondary N) is 1. The summed E-state index contributed by atoms with van der Waals surface area (Å²) in [7, 11) is 1.71. The monoisotopic (exact) mass is 437 g/mol. The predicted octanol–water partition coefficient (Wildman–Crippen LogP) is 3.84. The lowest BCUT2D eigenvalue weighted by Gasteiger charge is -2.31. The number of aromatic nitrogens is 1. The molecule has 170 valence electrons. The summed E-state index contributed by atoms with van der Waals surface area (Å²) >= 11 is 0. The van der Waals surface area contributed by atoms with E-state index in [1.165, 1.54) is 28.9 Å². The minimum Gasteiger partial charge on any atom is -0.446 e. The Hall–Kier alpha value is -2.67. The lowest BCUT2D eigenvalue weighted by molar-refractivity contribution is -0.133. The second kappa shape index (κ2) is 8.03. The van der Waals surface area contributed by atoms with Crippen molar-refractivity contribution in [1.29, 1.82) is 0 Å². The molecule has 3 atom stereocenters. The fourth-order valence-corrected chi connectivity index (χ4v) is 5.30. The topological polar surface area (TPSA) is 84.7 Å². The van der Waals surface area contributed by atoms with Crippen LogP contribution in [0.4, 0.5) is 4.79 Å². The van der Waals surface area contributed by atoms with Crippen molar-refractivity contribution in [1.82, 2.24) is 15.2 Å². The van der Waals surface area contributed by atoms with Crippen molar-refractivity contribution in [3.05, 3.63) is 52.7 Å². The van der Waals surface area contributed by atoms with E-state index in [-0.39, 0.29) is 30.5 Å². The molecule has 3 aliphatic rings. The van der Waals surface area contributed by atoms with Crippen molar-refractivity contribution in [2.75, 3.05) is 13.7 Å². The fourth-order valence-electron chi connectivity index (χ4n) is 5.30. The van der Waals surface area contributed by atoms with Crippen molar-refractivity contribution in [2.45, 2.75) is 69.9 Å². The van der Waals surface area contributed by atoms with Gasteiger partial charge in [0.15, 0.2) is 5.89 Å². The van der Waals surface area contributed by atoms with Crippen LogP contribution in [-0.4, -0.2) is 41.6 Å². The van der Waals surface area contributed by atoms with Gasteiger partial charge in [0.05, 0.1) is 12.3 Å². The molecule has 2 aromatic rings. The SMILES string of the molecule is COC(C)CCC1Cc2ccc(C3CC3)cc2C12NC(=O)N(CCc1ncc(C)o1)C2=O. The van der Waals surface area contributed by atoms with Crippen LogP contribution in [0.5, 0.6) is 0 Å². The molecule has 2 aliphatic carbocycles. The number of urea groups is 1. The zero-order chi connectivity index (χ0) is 22.5. The third-order valence-corrected chi connectivity index (χ3v) is 7.36. The van der Waals surface area contributed by atoms with Crippen LogP contribution in [-0.2, 0) is 27.9 Å². The first-order chi connectivity index (χ1) is 15.4. The van der Waals surface area contributed by atoms with Gasteiger partial charge >= 0.3 is 6.03 Å². The van der Waals surface area contributed by atoms with Crippen LogP contribution >= 0.6 is 0 Å². The molecular formula is C25H31N3O4. The molecule has 1 aromatic heterocycles. The number of rotatable bonds is 8. The summed E-state index contributed by atoms with van der Waals surface area (Å²) < 4.78 is 11.0. The second-order valence-electron chi connectivity index (χ2n) is 9.53. The Kier molecular flexibility index (Phi) is 5.32. The van der Waals surface area contributed by atoms with Crippen LogP contribution in [0.25, 0.3) is 0 Å². The third kappa shape index (κ3) is 3.52. The summed E-state index contributed by atoms with van der Waals surface area (Å²) in [5.41, 5.74) is 2.45.